The Balaban J connectivity index is 1.94. The standard InChI is InChI=1S/C15H14ClN3O2S2/c1-10-8-13(6-7-14(10)16)23(20,21)12-4-2-11(3-5-12)19-9-17-18-15(19)22/h2-9,15,18,22H,1H3. The van der Waals surface area contributed by atoms with Crippen LogP contribution in [-0.2, 0) is 9.84 Å². The minimum Gasteiger partial charge on any atom is -0.300 e. The van der Waals surface area contributed by atoms with Gasteiger partial charge in [0.15, 0.2) is 5.50 Å². The number of hydrogen-bond donors (Lipinski definition) is 2. The summed E-state index contributed by atoms with van der Waals surface area (Å²) < 4.78 is 25.4. The van der Waals surface area contributed by atoms with Gasteiger partial charge in [0.25, 0.3) is 0 Å². The zero-order valence-corrected chi connectivity index (χ0v) is 14.6. The van der Waals surface area contributed by atoms with Crippen LogP contribution in [0.15, 0.2) is 57.4 Å². The molecule has 0 aliphatic carbocycles. The highest BCUT2D eigenvalue weighted by atomic mass is 35.5. The quantitative estimate of drug-likeness (QED) is 0.818. The van der Waals surface area contributed by atoms with Crippen LogP contribution in [0.25, 0.3) is 0 Å². The molecular weight excluding hydrogens is 354 g/mol. The van der Waals surface area contributed by atoms with Gasteiger partial charge in [0, 0.05) is 10.7 Å². The van der Waals surface area contributed by atoms with Crippen molar-refractivity contribution in [2.24, 2.45) is 5.10 Å². The van der Waals surface area contributed by atoms with Gasteiger partial charge in [0.05, 0.1) is 9.79 Å². The summed E-state index contributed by atoms with van der Waals surface area (Å²) in [6.45, 7) is 1.77. The maximum atomic E-state index is 12.7. The van der Waals surface area contributed by atoms with E-state index in [1.165, 1.54) is 6.07 Å². The Hall–Kier alpha value is -1.70. The molecule has 0 fully saturated rings. The molecule has 2 aromatic carbocycles. The van der Waals surface area contributed by atoms with E-state index < -0.39 is 9.84 Å². The Morgan fingerprint density at radius 1 is 1.17 bits per heavy atom. The smallest absolute Gasteiger partial charge is 0.206 e. The Kier molecular flexibility index (Phi) is 4.27. The number of thiol groups is 1. The SMILES string of the molecule is Cc1cc(S(=O)(=O)c2ccc(N3C=NNC3S)cc2)ccc1Cl. The van der Waals surface area contributed by atoms with E-state index in [9.17, 15) is 8.42 Å². The summed E-state index contributed by atoms with van der Waals surface area (Å²) in [4.78, 5) is 2.23. The van der Waals surface area contributed by atoms with Crippen LogP contribution < -0.4 is 10.3 Å². The van der Waals surface area contributed by atoms with Crippen LogP contribution in [0.5, 0.6) is 0 Å². The molecule has 1 unspecified atom stereocenters. The largest absolute Gasteiger partial charge is 0.300 e. The zero-order valence-electron chi connectivity index (χ0n) is 12.1. The van der Waals surface area contributed by atoms with Crippen LogP contribution in [0.4, 0.5) is 5.69 Å². The van der Waals surface area contributed by atoms with Gasteiger partial charge in [-0.15, -0.1) is 12.6 Å². The molecule has 2 aromatic rings. The normalized spacial score (nSPS) is 17.3. The van der Waals surface area contributed by atoms with Crippen LogP contribution in [0, 0.1) is 6.92 Å². The summed E-state index contributed by atoms with van der Waals surface area (Å²) in [5.74, 6) is 0. The fraction of sp³-hybridized carbons (Fsp3) is 0.133. The van der Waals surface area contributed by atoms with E-state index in [0.717, 1.165) is 11.3 Å². The topological polar surface area (TPSA) is 61.8 Å². The number of nitrogens with zero attached hydrogens (tertiary/aromatic N) is 2. The number of hydrazone groups is 1. The number of rotatable bonds is 3. The Morgan fingerprint density at radius 3 is 2.39 bits per heavy atom. The van der Waals surface area contributed by atoms with Crippen molar-refractivity contribution in [1.29, 1.82) is 0 Å². The van der Waals surface area contributed by atoms with Crippen molar-refractivity contribution in [1.82, 2.24) is 5.43 Å². The minimum atomic E-state index is -3.58. The fourth-order valence-corrected chi connectivity index (χ4v) is 3.94. The molecule has 0 amide bonds. The predicted octanol–water partition coefficient (Wildman–Crippen LogP) is 3.05. The molecule has 1 N–H and O–H groups in total. The van der Waals surface area contributed by atoms with Gasteiger partial charge >= 0.3 is 0 Å². The van der Waals surface area contributed by atoms with Gasteiger partial charge in [-0.3, -0.25) is 10.3 Å². The van der Waals surface area contributed by atoms with Crippen LogP contribution in [0.2, 0.25) is 5.02 Å². The van der Waals surface area contributed by atoms with E-state index >= 15 is 0 Å². The van der Waals surface area contributed by atoms with E-state index in [1.807, 2.05) is 0 Å². The molecule has 0 radical (unpaired) electrons. The van der Waals surface area contributed by atoms with Crippen LogP contribution in [-0.4, -0.2) is 20.3 Å². The molecule has 120 valence electrons. The Morgan fingerprint density at radius 2 is 1.83 bits per heavy atom. The van der Waals surface area contributed by atoms with E-state index in [0.29, 0.717) is 5.02 Å². The highest BCUT2D eigenvalue weighted by Gasteiger charge is 2.21. The lowest BCUT2D eigenvalue weighted by atomic mass is 10.2. The van der Waals surface area contributed by atoms with Gasteiger partial charge in [-0.2, -0.15) is 5.10 Å². The van der Waals surface area contributed by atoms with Gasteiger partial charge in [0.2, 0.25) is 9.84 Å². The lowest BCUT2D eigenvalue weighted by Crippen LogP contribution is -2.31. The molecule has 1 atom stereocenters. The van der Waals surface area contributed by atoms with E-state index in [1.54, 1.807) is 54.6 Å². The average Bonchev–Trinajstić information content (AvgIpc) is 2.96. The monoisotopic (exact) mass is 367 g/mol. The highest BCUT2D eigenvalue weighted by molar-refractivity contribution is 7.91. The Labute approximate surface area is 145 Å². The molecule has 1 aliphatic heterocycles. The summed E-state index contributed by atoms with van der Waals surface area (Å²) in [5, 5.41) is 4.44. The summed E-state index contributed by atoms with van der Waals surface area (Å²) >= 11 is 10.3. The second kappa shape index (κ2) is 6.07. The number of nitrogens with one attached hydrogen (secondary N) is 1. The number of anilines is 1. The number of benzene rings is 2. The molecule has 0 spiro atoms. The van der Waals surface area contributed by atoms with Crippen molar-refractivity contribution in [2.75, 3.05) is 4.90 Å². The van der Waals surface area contributed by atoms with E-state index in [4.69, 9.17) is 11.6 Å². The van der Waals surface area contributed by atoms with Crippen LogP contribution >= 0.6 is 24.2 Å². The van der Waals surface area contributed by atoms with Crippen molar-refractivity contribution < 1.29 is 8.42 Å². The fourth-order valence-electron chi connectivity index (χ4n) is 2.21. The molecule has 23 heavy (non-hydrogen) atoms. The third-order valence-corrected chi connectivity index (χ3v) is 6.08. The van der Waals surface area contributed by atoms with Gasteiger partial charge < -0.3 is 0 Å². The number of sulfone groups is 1. The first-order chi connectivity index (χ1) is 10.9. The summed E-state index contributed by atoms with van der Waals surface area (Å²) in [7, 11) is -3.58. The third-order valence-electron chi connectivity index (χ3n) is 3.52. The number of hydrogen-bond acceptors (Lipinski definition) is 6. The number of aryl methyl sites for hydroxylation is 1. The molecule has 1 aliphatic rings. The predicted molar refractivity (Wildman–Crippen MR) is 95.0 cm³/mol. The van der Waals surface area contributed by atoms with Gasteiger partial charge in [-0.05, 0) is 55.0 Å². The van der Waals surface area contributed by atoms with Crippen LogP contribution in [0.1, 0.15) is 5.56 Å². The number of halogens is 1. The van der Waals surface area contributed by atoms with Crippen LogP contribution in [0.3, 0.4) is 0 Å². The first kappa shape index (κ1) is 16.2. The van der Waals surface area contributed by atoms with Gasteiger partial charge in [-0.1, -0.05) is 11.6 Å². The Bertz CT molecular complexity index is 867. The van der Waals surface area contributed by atoms with Gasteiger partial charge in [-0.25, -0.2) is 8.42 Å². The molecular formula is C15H14ClN3O2S2. The highest BCUT2D eigenvalue weighted by Crippen LogP contribution is 2.27. The second-order valence-corrected chi connectivity index (χ2v) is 7.91. The maximum Gasteiger partial charge on any atom is 0.206 e. The summed E-state index contributed by atoms with van der Waals surface area (Å²) in [5.41, 5.74) is 4.03. The third kappa shape index (κ3) is 3.04. The van der Waals surface area contributed by atoms with Crippen molar-refractivity contribution in [3.8, 4) is 0 Å². The first-order valence-electron chi connectivity index (χ1n) is 6.76. The molecule has 0 saturated heterocycles. The average molecular weight is 368 g/mol. The van der Waals surface area contributed by atoms with Gasteiger partial charge in [0.1, 0.15) is 6.34 Å². The molecule has 0 saturated carbocycles. The zero-order chi connectivity index (χ0) is 16.6. The van der Waals surface area contributed by atoms with E-state index in [2.05, 4.69) is 23.2 Å². The minimum absolute atomic E-state index is 0.225. The molecule has 5 nitrogen and oxygen atoms in total. The lowest BCUT2D eigenvalue weighted by molar-refractivity contribution is 0.596. The molecule has 1 heterocycles. The second-order valence-electron chi connectivity index (χ2n) is 5.06. The van der Waals surface area contributed by atoms with Crippen molar-refractivity contribution in [2.45, 2.75) is 22.2 Å². The summed E-state index contributed by atoms with van der Waals surface area (Å²) in [6, 6.07) is 11.3. The molecule has 8 heteroatoms. The summed E-state index contributed by atoms with van der Waals surface area (Å²) in [6.07, 6.45) is 1.60. The first-order valence-corrected chi connectivity index (χ1v) is 9.14. The van der Waals surface area contributed by atoms with Crippen molar-refractivity contribution in [3.05, 3.63) is 53.1 Å². The molecule has 0 bridgehead atoms. The van der Waals surface area contributed by atoms with Crippen molar-refractivity contribution in [3.63, 3.8) is 0 Å². The molecule has 0 aromatic heterocycles. The molecule has 3 rings (SSSR count). The maximum absolute atomic E-state index is 12.7. The van der Waals surface area contributed by atoms with Crippen molar-refractivity contribution >= 4 is 46.1 Å². The van der Waals surface area contributed by atoms with E-state index in [-0.39, 0.29) is 15.3 Å². The lowest BCUT2D eigenvalue weighted by Gasteiger charge is -2.19.